The molecule has 10 heteroatoms. The molecule has 6 aliphatic rings. The fourth-order valence-electron chi connectivity index (χ4n) is 12.7. The van der Waals surface area contributed by atoms with Crippen LogP contribution in [-0.2, 0) is 18.1 Å². The van der Waals surface area contributed by atoms with Crippen LogP contribution in [0.2, 0.25) is 0 Å². The van der Waals surface area contributed by atoms with Crippen LogP contribution in [0, 0.1) is 71.0 Å². The summed E-state index contributed by atoms with van der Waals surface area (Å²) in [7, 11) is -3.83. The second kappa shape index (κ2) is 20.5. The molecule has 348 valence electrons. The largest absolute Gasteiger partial charge is 0.426 e. The van der Waals surface area contributed by atoms with Gasteiger partial charge in [0.15, 0.2) is 5.78 Å². The maximum Gasteiger partial charge on any atom is 0.397 e. The van der Waals surface area contributed by atoms with Crippen molar-refractivity contribution in [2.24, 2.45) is 71.0 Å². The highest BCUT2D eigenvalue weighted by Crippen LogP contribution is 2.56. The van der Waals surface area contributed by atoms with E-state index in [0.717, 1.165) is 51.4 Å². The van der Waals surface area contributed by atoms with Crippen molar-refractivity contribution in [3.05, 3.63) is 58.7 Å². The molecule has 1 heterocycles. The molecule has 0 amide bonds. The maximum absolute atomic E-state index is 15.3. The molecule has 8 nitrogen and oxygen atoms in total. The molecule has 0 N–H and O–H groups in total. The van der Waals surface area contributed by atoms with E-state index in [1.165, 1.54) is 32.1 Å². The van der Waals surface area contributed by atoms with Crippen LogP contribution in [0.1, 0.15) is 185 Å². The molecule has 14 atom stereocenters. The molecule has 1 aliphatic heterocycles. The zero-order valence-electron chi connectivity index (χ0n) is 40.1. The molecule has 5 fully saturated rings. The van der Waals surface area contributed by atoms with Gasteiger partial charge in [0.1, 0.15) is 11.5 Å². The summed E-state index contributed by atoms with van der Waals surface area (Å²) in [6, 6.07) is 10.7. The molecule has 2 aromatic rings. The normalized spacial score (nSPS) is 35.4. The monoisotopic (exact) mass is 905 g/mol. The third-order valence-corrected chi connectivity index (χ3v) is 18.9. The first-order chi connectivity index (χ1) is 30.1. The molecular weight excluding hydrogens is 827 g/mol. The quantitative estimate of drug-likeness (QED) is 0.166. The Labute approximate surface area is 382 Å². The minimum atomic E-state index is -1.93. The summed E-state index contributed by atoms with van der Waals surface area (Å²) in [5.41, 5.74) is 1.14. The van der Waals surface area contributed by atoms with Crippen molar-refractivity contribution >= 4 is 28.8 Å². The summed E-state index contributed by atoms with van der Waals surface area (Å²) >= 11 is 0. The molecule has 2 aromatic carbocycles. The van der Waals surface area contributed by atoms with Gasteiger partial charge in [-0.05, 0) is 154 Å². The van der Waals surface area contributed by atoms with Crippen molar-refractivity contribution in [1.29, 1.82) is 0 Å². The number of carbonyl (C=O) groups excluding carboxylic acids is 2. The highest BCUT2D eigenvalue weighted by atomic mass is 31.2. The number of rotatable bonds is 12. The molecule has 4 bridgehead atoms. The van der Waals surface area contributed by atoms with E-state index in [9.17, 15) is 4.79 Å². The van der Waals surface area contributed by atoms with Crippen LogP contribution in [-0.4, -0.2) is 36.0 Å². The van der Waals surface area contributed by atoms with E-state index < -0.39 is 17.2 Å². The first-order valence-electron chi connectivity index (χ1n) is 25.1. The van der Waals surface area contributed by atoms with Gasteiger partial charge in [-0.25, -0.2) is 0 Å². The minimum absolute atomic E-state index is 0.00734. The molecule has 63 heavy (non-hydrogen) atoms. The Bertz CT molecular complexity index is 1830. The van der Waals surface area contributed by atoms with Crippen molar-refractivity contribution in [3.8, 4) is 11.5 Å². The number of fused-ring (bicyclic) bond motifs is 6. The summed E-state index contributed by atoms with van der Waals surface area (Å²) in [5.74, 6) is 5.84. The number of hydrogen-bond acceptors (Lipinski definition) is 8. The topological polar surface area (TPSA) is 89.5 Å². The molecule has 5 aliphatic carbocycles. The summed E-state index contributed by atoms with van der Waals surface area (Å²) in [6.07, 6.45) is 14.4. The highest BCUT2D eigenvalue weighted by molar-refractivity contribution is 7.42. The summed E-state index contributed by atoms with van der Waals surface area (Å²) < 4.78 is 42.2. The van der Waals surface area contributed by atoms with Crippen LogP contribution in [0.3, 0.4) is 0 Å². The molecule has 8 rings (SSSR count). The van der Waals surface area contributed by atoms with Crippen LogP contribution in [0.5, 0.6) is 11.5 Å². The smallest absolute Gasteiger partial charge is 0.397 e. The second-order valence-corrected chi connectivity index (χ2v) is 24.4. The van der Waals surface area contributed by atoms with Crippen molar-refractivity contribution in [1.82, 2.24) is 0 Å². The van der Waals surface area contributed by atoms with Gasteiger partial charge < -0.3 is 9.05 Å². The number of ketones is 2. The van der Waals surface area contributed by atoms with E-state index >= 15 is 4.79 Å². The average Bonchev–Trinajstić information content (AvgIpc) is 3.22. The molecule has 4 saturated carbocycles. The predicted octanol–water partition coefficient (Wildman–Crippen LogP) is 14.9. The lowest BCUT2D eigenvalue weighted by Crippen LogP contribution is -2.40. The maximum atomic E-state index is 15.3. The van der Waals surface area contributed by atoms with Crippen LogP contribution in [0.25, 0.3) is 0 Å². The number of hydrogen-bond donors (Lipinski definition) is 0. The van der Waals surface area contributed by atoms with Gasteiger partial charge in [0.25, 0.3) is 0 Å². The lowest BCUT2D eigenvalue weighted by atomic mass is 9.68. The lowest BCUT2D eigenvalue weighted by Gasteiger charge is -2.45. The van der Waals surface area contributed by atoms with E-state index in [-0.39, 0.29) is 47.1 Å². The predicted molar refractivity (Wildman–Crippen MR) is 253 cm³/mol. The van der Waals surface area contributed by atoms with E-state index in [1.54, 1.807) is 12.1 Å². The van der Waals surface area contributed by atoms with Gasteiger partial charge in [-0.1, -0.05) is 106 Å². The summed E-state index contributed by atoms with van der Waals surface area (Å²) in [4.78, 5) is 29.9. The van der Waals surface area contributed by atoms with Crippen LogP contribution in [0.15, 0.2) is 36.4 Å². The van der Waals surface area contributed by atoms with E-state index in [4.69, 9.17) is 27.1 Å². The first-order valence-corrected chi connectivity index (χ1v) is 27.3. The van der Waals surface area contributed by atoms with Crippen molar-refractivity contribution in [3.63, 3.8) is 0 Å². The second-order valence-electron chi connectivity index (χ2n) is 22.3. The summed E-state index contributed by atoms with van der Waals surface area (Å²) in [5, 5.41) is 0. The van der Waals surface area contributed by atoms with Gasteiger partial charge in [0.2, 0.25) is 5.78 Å². The Hall–Kier alpha value is -1.92. The Morgan fingerprint density at radius 2 is 0.984 bits per heavy atom. The third-order valence-electron chi connectivity index (χ3n) is 16.4. The van der Waals surface area contributed by atoms with Gasteiger partial charge in [-0.3, -0.25) is 27.7 Å². The zero-order chi connectivity index (χ0) is 44.7. The van der Waals surface area contributed by atoms with Crippen LogP contribution in [0.4, 0.5) is 0 Å². The van der Waals surface area contributed by atoms with Crippen molar-refractivity contribution in [2.45, 2.75) is 177 Å². The average molecular weight is 905 g/mol. The molecule has 4 unspecified atom stereocenters. The fourth-order valence-corrected chi connectivity index (χ4v) is 15.4. The Balaban J connectivity index is 1.13. The summed E-state index contributed by atoms with van der Waals surface area (Å²) in [6.45, 7) is 23.0. The van der Waals surface area contributed by atoms with Gasteiger partial charge in [0, 0.05) is 11.1 Å². The third kappa shape index (κ3) is 10.6. The Morgan fingerprint density at radius 3 is 1.46 bits per heavy atom. The zero-order valence-corrected chi connectivity index (χ0v) is 41.8. The standard InChI is InChI=1S/C53H78O8P2/c1-30(2)38-21-17-34(9)25-46(38)58-62(59-47-26-35(10)18-22-39(47)31(3)4)56-44-15-11-13-42-50(44)53(55)51-43(52(42)54)14-12-16-45(51)57-63-60-48-28-36(19-23-40(48)32(5)6)27-37-20-24-41(33(7)8)49(29-37)61-63/h11-16,30-41,46-49H,17-29H2,1-10H3/t34-,35-,36+,37+,38+,39?,40+,41?,46-,47-,48-,49-,62?,63?/m1/s1. The Kier molecular flexibility index (Phi) is 15.5. The highest BCUT2D eigenvalue weighted by Gasteiger charge is 2.45. The Morgan fingerprint density at radius 1 is 0.540 bits per heavy atom. The number of benzene rings is 2. The van der Waals surface area contributed by atoms with Crippen LogP contribution < -0.4 is 9.05 Å². The van der Waals surface area contributed by atoms with Gasteiger partial charge in [0.05, 0.1) is 35.5 Å². The van der Waals surface area contributed by atoms with Crippen molar-refractivity contribution in [2.75, 3.05) is 0 Å². The van der Waals surface area contributed by atoms with E-state index in [2.05, 4.69) is 69.2 Å². The van der Waals surface area contributed by atoms with E-state index in [1.807, 2.05) is 24.3 Å². The lowest BCUT2D eigenvalue weighted by molar-refractivity contribution is -0.0272. The van der Waals surface area contributed by atoms with Gasteiger partial charge in [-0.15, -0.1) is 0 Å². The first kappa shape index (κ1) is 47.6. The van der Waals surface area contributed by atoms with Gasteiger partial charge in [-0.2, -0.15) is 0 Å². The van der Waals surface area contributed by atoms with E-state index in [0.29, 0.717) is 93.6 Å². The molecule has 0 aromatic heterocycles. The fraction of sp³-hybridized carbons (Fsp3) is 0.736. The van der Waals surface area contributed by atoms with Crippen molar-refractivity contribution < 1.29 is 36.7 Å². The molecule has 0 spiro atoms. The number of carbonyl (C=O) groups is 2. The van der Waals surface area contributed by atoms with Gasteiger partial charge >= 0.3 is 17.2 Å². The SMILES string of the molecule is CC(C)C1CC[C@@H](C)C[C@H]1OP(Oc1cccc2c1C(=O)c1c(OP3O[C@@H]4C[C@@H](CCC4C(C)C)C[C@@H]4CC[C@@H](C(C)C)[C@@H](C4)O3)cccc1C2=O)O[C@@H]1C[C@H](C)CC[C@H]1C(C)C. The molecular formula is C53H78O8P2. The minimum Gasteiger partial charge on any atom is -0.426 e. The molecule has 0 radical (unpaired) electrons. The van der Waals surface area contributed by atoms with Crippen LogP contribution >= 0.6 is 17.2 Å². The molecule has 1 saturated heterocycles.